The lowest BCUT2D eigenvalue weighted by molar-refractivity contribution is 0.0949. The van der Waals surface area contributed by atoms with E-state index in [4.69, 9.17) is 0 Å². The fourth-order valence-corrected chi connectivity index (χ4v) is 2.78. The second kappa shape index (κ2) is 5.90. The zero-order valence-corrected chi connectivity index (χ0v) is 11.4. The lowest BCUT2D eigenvalue weighted by atomic mass is 9.95. The molecule has 6 nitrogen and oxygen atoms in total. The van der Waals surface area contributed by atoms with Crippen molar-refractivity contribution in [1.29, 1.82) is 0 Å². The minimum atomic E-state index is -0.0931. The normalized spacial score (nSPS) is 16.2. The van der Waals surface area contributed by atoms with E-state index in [0.717, 1.165) is 5.82 Å². The third kappa shape index (κ3) is 2.74. The van der Waals surface area contributed by atoms with Gasteiger partial charge in [0.25, 0.3) is 5.91 Å². The van der Waals surface area contributed by atoms with E-state index in [1.165, 1.54) is 32.1 Å². The molecule has 2 heterocycles. The Bertz CT molecular complexity index is 554. The molecule has 2 aromatic heterocycles. The topological polar surface area (TPSA) is 75.6 Å². The first-order valence-corrected chi connectivity index (χ1v) is 7.14. The van der Waals surface area contributed by atoms with Crippen molar-refractivity contribution in [2.45, 2.75) is 44.7 Å². The summed E-state index contributed by atoms with van der Waals surface area (Å²) >= 11 is 0. The molecule has 106 valence electrons. The van der Waals surface area contributed by atoms with E-state index in [-0.39, 0.29) is 5.91 Å². The van der Waals surface area contributed by atoms with Gasteiger partial charge in [0.2, 0.25) is 0 Å². The van der Waals surface area contributed by atoms with E-state index in [0.29, 0.717) is 18.2 Å². The molecule has 0 saturated heterocycles. The third-order valence-electron chi connectivity index (χ3n) is 3.88. The number of hydrogen-bond donors (Lipinski definition) is 2. The molecular weight excluding hydrogens is 254 g/mol. The second-order valence-corrected chi connectivity index (χ2v) is 5.23. The van der Waals surface area contributed by atoms with Crippen LogP contribution in [0.15, 0.2) is 24.8 Å². The Hall–Kier alpha value is -2.11. The van der Waals surface area contributed by atoms with Crippen molar-refractivity contribution in [3.8, 4) is 0 Å². The van der Waals surface area contributed by atoms with Crippen molar-refractivity contribution in [2.24, 2.45) is 0 Å². The van der Waals surface area contributed by atoms with Crippen molar-refractivity contribution in [3.05, 3.63) is 36.2 Å². The first kappa shape index (κ1) is 12.9. The fraction of sp³-hybridized carbons (Fsp3) is 0.500. The van der Waals surface area contributed by atoms with E-state index >= 15 is 0 Å². The van der Waals surface area contributed by atoms with E-state index in [2.05, 4.69) is 25.1 Å². The zero-order valence-electron chi connectivity index (χ0n) is 11.4. The summed E-state index contributed by atoms with van der Waals surface area (Å²) < 4.78 is 2.12. The van der Waals surface area contributed by atoms with Crippen molar-refractivity contribution in [3.63, 3.8) is 0 Å². The quantitative estimate of drug-likeness (QED) is 0.895. The number of aromatic amines is 1. The van der Waals surface area contributed by atoms with Crippen LogP contribution in [-0.2, 0) is 6.54 Å². The molecule has 3 rings (SSSR count). The zero-order chi connectivity index (χ0) is 13.8. The highest BCUT2D eigenvalue weighted by Crippen LogP contribution is 2.28. The van der Waals surface area contributed by atoms with Crippen molar-refractivity contribution < 1.29 is 4.79 Å². The summed E-state index contributed by atoms with van der Waals surface area (Å²) in [5.41, 5.74) is 0.633. The maximum atomic E-state index is 11.9. The summed E-state index contributed by atoms with van der Waals surface area (Å²) in [6.07, 6.45) is 11.4. The van der Waals surface area contributed by atoms with Crippen LogP contribution in [0.5, 0.6) is 0 Å². The lowest BCUT2D eigenvalue weighted by Crippen LogP contribution is -2.25. The number of carbonyl (C=O) groups excluding carboxylic acids is 1. The molecule has 0 atom stereocenters. The van der Waals surface area contributed by atoms with Crippen LogP contribution in [0, 0.1) is 0 Å². The Morgan fingerprint density at radius 3 is 3.00 bits per heavy atom. The lowest BCUT2D eigenvalue weighted by Gasteiger charge is -2.23. The first-order valence-electron chi connectivity index (χ1n) is 7.14. The van der Waals surface area contributed by atoms with Crippen molar-refractivity contribution >= 4 is 5.91 Å². The van der Waals surface area contributed by atoms with Gasteiger partial charge in [-0.15, -0.1) is 10.2 Å². The van der Waals surface area contributed by atoms with Crippen LogP contribution in [0.1, 0.15) is 54.3 Å². The van der Waals surface area contributed by atoms with Gasteiger partial charge >= 0.3 is 0 Å². The van der Waals surface area contributed by atoms with E-state index in [1.54, 1.807) is 24.8 Å². The van der Waals surface area contributed by atoms with Crippen molar-refractivity contribution in [2.75, 3.05) is 0 Å². The fourth-order valence-electron chi connectivity index (χ4n) is 2.78. The molecule has 20 heavy (non-hydrogen) atoms. The van der Waals surface area contributed by atoms with Gasteiger partial charge < -0.3 is 14.9 Å². The van der Waals surface area contributed by atoms with Gasteiger partial charge in [-0.2, -0.15) is 0 Å². The summed E-state index contributed by atoms with van der Waals surface area (Å²) in [6.45, 7) is 0.417. The second-order valence-electron chi connectivity index (χ2n) is 5.23. The smallest absolute Gasteiger partial charge is 0.253 e. The third-order valence-corrected chi connectivity index (χ3v) is 3.88. The van der Waals surface area contributed by atoms with Crippen molar-refractivity contribution in [1.82, 2.24) is 25.1 Å². The summed E-state index contributed by atoms with van der Waals surface area (Å²) in [7, 11) is 0. The molecular formula is C14H19N5O. The first-order chi connectivity index (χ1) is 9.84. The Morgan fingerprint density at radius 1 is 1.40 bits per heavy atom. The summed E-state index contributed by atoms with van der Waals surface area (Å²) in [6, 6.07) is 2.24. The van der Waals surface area contributed by atoms with Crippen LogP contribution in [0.4, 0.5) is 0 Å². The Labute approximate surface area is 117 Å². The number of hydrogen-bond acceptors (Lipinski definition) is 3. The number of rotatable bonds is 4. The van der Waals surface area contributed by atoms with Crippen LogP contribution in [-0.4, -0.2) is 25.7 Å². The van der Waals surface area contributed by atoms with Gasteiger partial charge in [-0.05, 0) is 18.9 Å². The molecule has 0 spiro atoms. The van der Waals surface area contributed by atoms with Crippen LogP contribution < -0.4 is 5.32 Å². The van der Waals surface area contributed by atoms with E-state index < -0.39 is 0 Å². The largest absolute Gasteiger partial charge is 0.367 e. The molecule has 6 heteroatoms. The Kier molecular flexibility index (Phi) is 3.80. The van der Waals surface area contributed by atoms with Crippen LogP contribution in [0.3, 0.4) is 0 Å². The molecule has 2 N–H and O–H groups in total. The predicted octanol–water partition coefficient (Wildman–Crippen LogP) is 2.04. The van der Waals surface area contributed by atoms with Gasteiger partial charge in [0.15, 0.2) is 5.82 Å². The number of carbonyl (C=O) groups is 1. The number of H-pyrrole nitrogens is 1. The molecule has 0 radical (unpaired) electrons. The van der Waals surface area contributed by atoms with Gasteiger partial charge in [-0.1, -0.05) is 19.3 Å². The summed E-state index contributed by atoms with van der Waals surface area (Å²) in [5, 5.41) is 11.0. The molecule has 0 bridgehead atoms. The van der Waals surface area contributed by atoms with Crippen LogP contribution >= 0.6 is 0 Å². The summed E-state index contributed by atoms with van der Waals surface area (Å²) in [5.74, 6) is 0.741. The predicted molar refractivity (Wildman–Crippen MR) is 74.1 cm³/mol. The summed E-state index contributed by atoms with van der Waals surface area (Å²) in [4.78, 5) is 14.8. The maximum absolute atomic E-state index is 11.9. The minimum Gasteiger partial charge on any atom is -0.367 e. The maximum Gasteiger partial charge on any atom is 0.253 e. The highest BCUT2D eigenvalue weighted by atomic mass is 16.1. The van der Waals surface area contributed by atoms with Gasteiger partial charge in [0, 0.05) is 18.4 Å². The molecule has 1 amide bonds. The van der Waals surface area contributed by atoms with Gasteiger partial charge in [-0.3, -0.25) is 4.79 Å². The average Bonchev–Trinajstić information content (AvgIpc) is 3.17. The standard InChI is InChI=1S/C14H19N5O/c20-14(11-6-7-15-8-11)16-9-13-18-17-10-19(13)12-4-2-1-3-5-12/h6-8,10,12,15H,1-5,9H2,(H,16,20). The Balaban J connectivity index is 1.63. The molecule has 0 aliphatic heterocycles. The molecule has 1 saturated carbocycles. The molecule has 0 aromatic carbocycles. The number of aromatic nitrogens is 4. The SMILES string of the molecule is O=C(NCc1nncn1C1CCCCC1)c1cc[nH]c1. The minimum absolute atomic E-state index is 0.0931. The van der Waals surface area contributed by atoms with E-state index in [1.807, 2.05) is 0 Å². The van der Waals surface area contributed by atoms with Crippen LogP contribution in [0.2, 0.25) is 0 Å². The van der Waals surface area contributed by atoms with Crippen LogP contribution in [0.25, 0.3) is 0 Å². The highest BCUT2D eigenvalue weighted by Gasteiger charge is 2.18. The number of nitrogens with one attached hydrogen (secondary N) is 2. The molecule has 1 aliphatic rings. The average molecular weight is 273 g/mol. The molecule has 1 fully saturated rings. The number of nitrogens with zero attached hydrogens (tertiary/aromatic N) is 3. The molecule has 2 aromatic rings. The number of amides is 1. The van der Waals surface area contributed by atoms with Gasteiger partial charge in [0.05, 0.1) is 12.1 Å². The Morgan fingerprint density at radius 2 is 2.25 bits per heavy atom. The highest BCUT2D eigenvalue weighted by molar-refractivity contribution is 5.93. The monoisotopic (exact) mass is 273 g/mol. The van der Waals surface area contributed by atoms with Gasteiger partial charge in [0.1, 0.15) is 6.33 Å². The van der Waals surface area contributed by atoms with E-state index in [9.17, 15) is 4.79 Å². The van der Waals surface area contributed by atoms with Gasteiger partial charge in [-0.25, -0.2) is 0 Å². The molecule has 1 aliphatic carbocycles. The molecule has 0 unspecified atom stereocenters.